The molecule has 0 saturated heterocycles. The van der Waals surface area contributed by atoms with Crippen molar-refractivity contribution in [1.29, 1.82) is 0 Å². The highest BCUT2D eigenvalue weighted by Crippen LogP contribution is 2.35. The van der Waals surface area contributed by atoms with Gasteiger partial charge in [-0.2, -0.15) is 0 Å². The summed E-state index contributed by atoms with van der Waals surface area (Å²) < 4.78 is 24.3. The quantitative estimate of drug-likeness (QED) is 0.152. The van der Waals surface area contributed by atoms with Crippen LogP contribution in [-0.2, 0) is 9.53 Å². The number of non-ortho nitro benzene ring substituents is 1. The van der Waals surface area contributed by atoms with E-state index in [4.69, 9.17) is 18.6 Å². The van der Waals surface area contributed by atoms with E-state index in [1.54, 1.807) is 50.3 Å². The first-order valence-electron chi connectivity index (χ1n) is 13.5. The van der Waals surface area contributed by atoms with Gasteiger partial charge in [-0.25, -0.2) is 9.79 Å². The van der Waals surface area contributed by atoms with Crippen LogP contribution in [0.5, 0.6) is 11.5 Å². The molecule has 0 radical (unpaired) electrons. The Balaban J connectivity index is 1.59. The second-order valence-corrected chi connectivity index (χ2v) is 10.9. The number of allylic oxidation sites excluding steroid dienone is 1. The second kappa shape index (κ2) is 12.1. The lowest BCUT2D eigenvalue weighted by atomic mass is 9.96. The van der Waals surface area contributed by atoms with E-state index < -0.39 is 16.9 Å². The van der Waals surface area contributed by atoms with Crippen LogP contribution in [0, 0.1) is 10.1 Å². The van der Waals surface area contributed by atoms with E-state index in [9.17, 15) is 19.7 Å². The molecule has 0 fully saturated rings. The molecule has 222 valence electrons. The average molecular weight is 604 g/mol. The van der Waals surface area contributed by atoms with Gasteiger partial charge in [0.2, 0.25) is 0 Å². The Hall–Kier alpha value is -4.97. The summed E-state index contributed by atoms with van der Waals surface area (Å²) in [6.45, 7) is 7.49. The number of methoxy groups -OCH3 is 1. The van der Waals surface area contributed by atoms with E-state index in [2.05, 4.69) is 4.99 Å². The molecule has 12 heteroatoms. The molecule has 0 aliphatic carbocycles. The number of aromatic nitrogens is 1. The number of carbonyl (C=O) groups excluding carboxylic acids is 1. The maximum atomic E-state index is 13.9. The predicted molar refractivity (Wildman–Crippen MR) is 160 cm³/mol. The van der Waals surface area contributed by atoms with Gasteiger partial charge in [-0.3, -0.25) is 19.5 Å². The van der Waals surface area contributed by atoms with Gasteiger partial charge in [0.25, 0.3) is 11.2 Å². The Kier molecular flexibility index (Phi) is 8.31. The zero-order chi connectivity index (χ0) is 30.8. The van der Waals surface area contributed by atoms with Crippen LogP contribution in [0.4, 0.5) is 5.69 Å². The van der Waals surface area contributed by atoms with Crippen molar-refractivity contribution in [2.24, 2.45) is 4.99 Å². The summed E-state index contributed by atoms with van der Waals surface area (Å²) in [7, 11) is 1.42. The molecule has 3 heterocycles. The van der Waals surface area contributed by atoms with Crippen molar-refractivity contribution in [2.75, 3.05) is 13.7 Å². The van der Waals surface area contributed by atoms with Crippen LogP contribution in [0.1, 0.15) is 45.1 Å². The normalized spacial score (nSPS) is 14.8. The van der Waals surface area contributed by atoms with Crippen molar-refractivity contribution >= 4 is 29.1 Å². The summed E-state index contributed by atoms with van der Waals surface area (Å²) in [4.78, 5) is 42.7. The fraction of sp³-hybridized carbons (Fsp3) is 0.258. The number of fused-ring (bicyclic) bond motifs is 1. The summed E-state index contributed by atoms with van der Waals surface area (Å²) in [6, 6.07) is 14.1. The number of rotatable bonds is 9. The van der Waals surface area contributed by atoms with Gasteiger partial charge in [0.1, 0.15) is 23.0 Å². The van der Waals surface area contributed by atoms with Gasteiger partial charge in [-0.05, 0) is 63.6 Å². The Labute approximate surface area is 250 Å². The number of thiazole rings is 1. The molecular weight excluding hydrogens is 574 g/mol. The molecule has 0 saturated carbocycles. The Bertz CT molecular complexity index is 1910. The highest BCUT2D eigenvalue weighted by molar-refractivity contribution is 7.07. The van der Waals surface area contributed by atoms with Crippen LogP contribution in [-0.4, -0.2) is 35.3 Å². The zero-order valence-electron chi connectivity index (χ0n) is 24.2. The number of nitro groups is 1. The van der Waals surface area contributed by atoms with Crippen molar-refractivity contribution in [2.45, 2.75) is 39.8 Å². The minimum atomic E-state index is -0.762. The van der Waals surface area contributed by atoms with Crippen LogP contribution >= 0.6 is 11.3 Å². The molecule has 2 aromatic heterocycles. The SMILES string of the molecule is CCOC(=O)C1=C(C)N=c2s/c(=C\c3ccc(-c4ccc([N+](=O)[O-])cc4OC)o3)c(=O)n2[C@@H]1c1ccc(OC(C)C)cc1. The number of hydrogen-bond donors (Lipinski definition) is 0. The Morgan fingerprint density at radius 1 is 1.19 bits per heavy atom. The van der Waals surface area contributed by atoms with E-state index in [0.29, 0.717) is 43.4 Å². The lowest BCUT2D eigenvalue weighted by Crippen LogP contribution is -2.39. The number of benzene rings is 2. The highest BCUT2D eigenvalue weighted by Gasteiger charge is 2.33. The van der Waals surface area contributed by atoms with Crippen LogP contribution in [0.3, 0.4) is 0 Å². The first kappa shape index (κ1) is 29.5. The molecule has 43 heavy (non-hydrogen) atoms. The summed E-state index contributed by atoms with van der Waals surface area (Å²) in [5.41, 5.74) is 1.51. The molecule has 0 spiro atoms. The third kappa shape index (κ3) is 5.86. The Morgan fingerprint density at radius 2 is 1.93 bits per heavy atom. The number of furan rings is 1. The molecule has 1 aliphatic rings. The van der Waals surface area contributed by atoms with Gasteiger partial charge < -0.3 is 18.6 Å². The number of ether oxygens (including phenoxy) is 3. The number of esters is 1. The fourth-order valence-corrected chi connectivity index (χ4v) is 5.84. The minimum absolute atomic E-state index is 0.00985. The standard InChI is InChI=1S/C31H29N3O8S/c1-6-40-30(36)27-18(4)32-31-33(28(27)19-7-10-21(11-8-19)41-17(2)3)29(35)26(43-31)16-22-12-14-24(42-22)23-13-9-20(34(37)38)15-25(23)39-5/h7-17,28H,6H2,1-5H3/b26-16-/t28-/m1/s1. The van der Waals surface area contributed by atoms with Gasteiger partial charge in [0, 0.05) is 12.1 Å². The second-order valence-electron chi connectivity index (χ2n) is 9.88. The molecule has 1 atom stereocenters. The van der Waals surface area contributed by atoms with E-state index in [1.807, 2.05) is 26.0 Å². The number of carbonyl (C=O) groups is 1. The van der Waals surface area contributed by atoms with Crippen molar-refractivity contribution in [3.8, 4) is 22.8 Å². The van der Waals surface area contributed by atoms with Crippen molar-refractivity contribution in [1.82, 2.24) is 4.57 Å². The first-order valence-corrected chi connectivity index (χ1v) is 14.3. The van der Waals surface area contributed by atoms with Crippen LogP contribution < -0.4 is 24.4 Å². The molecule has 11 nitrogen and oxygen atoms in total. The third-order valence-corrected chi connectivity index (χ3v) is 7.63. The first-order chi connectivity index (χ1) is 20.6. The van der Waals surface area contributed by atoms with Crippen LogP contribution in [0.25, 0.3) is 17.4 Å². The molecule has 0 N–H and O–H groups in total. The molecule has 4 aromatic rings. The van der Waals surface area contributed by atoms with Crippen LogP contribution in [0.15, 0.2) is 80.1 Å². The number of nitrogens with zero attached hydrogens (tertiary/aromatic N) is 3. The third-order valence-electron chi connectivity index (χ3n) is 6.65. The van der Waals surface area contributed by atoms with Gasteiger partial charge in [0.15, 0.2) is 4.80 Å². The summed E-state index contributed by atoms with van der Waals surface area (Å²) >= 11 is 1.17. The van der Waals surface area contributed by atoms with Crippen molar-refractivity contribution in [3.63, 3.8) is 0 Å². The van der Waals surface area contributed by atoms with Gasteiger partial charge in [0.05, 0.1) is 58.2 Å². The molecule has 2 aromatic carbocycles. The monoisotopic (exact) mass is 603 g/mol. The van der Waals surface area contributed by atoms with E-state index in [1.165, 1.54) is 35.1 Å². The molecule has 0 unspecified atom stereocenters. The molecule has 0 amide bonds. The van der Waals surface area contributed by atoms with E-state index in [-0.39, 0.29) is 35.3 Å². The zero-order valence-corrected chi connectivity index (χ0v) is 25.0. The number of nitro benzene ring substituents is 1. The van der Waals surface area contributed by atoms with Crippen LogP contribution in [0.2, 0.25) is 0 Å². The van der Waals surface area contributed by atoms with Crippen molar-refractivity contribution < 1.29 is 28.3 Å². The van der Waals surface area contributed by atoms with E-state index >= 15 is 0 Å². The maximum Gasteiger partial charge on any atom is 0.338 e. The highest BCUT2D eigenvalue weighted by atomic mass is 32.1. The van der Waals surface area contributed by atoms with Gasteiger partial charge >= 0.3 is 5.97 Å². The fourth-order valence-electron chi connectivity index (χ4n) is 4.81. The average Bonchev–Trinajstić information content (AvgIpc) is 3.56. The molecule has 1 aliphatic heterocycles. The summed E-state index contributed by atoms with van der Waals surface area (Å²) in [5.74, 6) is 1.20. The van der Waals surface area contributed by atoms with Gasteiger partial charge in [-0.15, -0.1) is 0 Å². The Morgan fingerprint density at radius 3 is 2.58 bits per heavy atom. The van der Waals surface area contributed by atoms with Crippen molar-refractivity contribution in [3.05, 3.63) is 107 Å². The predicted octanol–water partition coefficient (Wildman–Crippen LogP) is 4.76. The lowest BCUT2D eigenvalue weighted by molar-refractivity contribution is -0.384. The molecule has 5 rings (SSSR count). The molecular formula is C31H29N3O8S. The smallest absolute Gasteiger partial charge is 0.338 e. The molecule has 0 bridgehead atoms. The minimum Gasteiger partial charge on any atom is -0.496 e. The largest absolute Gasteiger partial charge is 0.496 e. The maximum absolute atomic E-state index is 13.9. The summed E-state index contributed by atoms with van der Waals surface area (Å²) in [6.07, 6.45) is 1.59. The lowest BCUT2D eigenvalue weighted by Gasteiger charge is -2.25. The van der Waals surface area contributed by atoms with Gasteiger partial charge in [-0.1, -0.05) is 23.5 Å². The van der Waals surface area contributed by atoms with E-state index in [0.717, 1.165) is 0 Å². The number of hydrogen-bond acceptors (Lipinski definition) is 10. The summed E-state index contributed by atoms with van der Waals surface area (Å²) in [5, 5.41) is 11.2. The topological polar surface area (TPSA) is 135 Å².